The Morgan fingerprint density at radius 2 is 0.850 bits per heavy atom. The first-order valence-electron chi connectivity index (χ1n) is 5.73. The normalized spacial score (nSPS) is 18.2. The summed E-state index contributed by atoms with van der Waals surface area (Å²) < 4.78 is 4.50. The molecule has 0 saturated heterocycles. The minimum absolute atomic E-state index is 1.34. The molecule has 0 spiro atoms. The second kappa shape index (κ2) is 6.29. The van der Waals surface area contributed by atoms with Crippen molar-refractivity contribution in [2.24, 2.45) is 0 Å². The van der Waals surface area contributed by atoms with Gasteiger partial charge in [-0.2, -0.15) is 0 Å². The third kappa shape index (κ3) is 2.98. The number of hydrogen-bond donors (Lipinski definition) is 0. The highest BCUT2D eigenvalue weighted by Gasteiger charge is 2.26. The van der Waals surface area contributed by atoms with Crippen LogP contribution in [0.5, 0.6) is 0 Å². The first kappa shape index (κ1) is 14.1. The van der Waals surface area contributed by atoms with Crippen LogP contribution in [-0.4, -0.2) is 6.23 Å². The van der Waals surface area contributed by atoms with Crippen LogP contribution in [0, 0.1) is 0 Å². The highest BCUT2D eigenvalue weighted by atomic mass is 33.1. The van der Waals surface area contributed by atoms with E-state index in [1.165, 1.54) is 19.6 Å². The van der Waals surface area contributed by atoms with Crippen molar-refractivity contribution in [3.05, 3.63) is 48.5 Å². The molecule has 0 unspecified atom stereocenters. The van der Waals surface area contributed by atoms with E-state index in [1.54, 1.807) is 69.8 Å². The highest BCUT2D eigenvalue weighted by Crippen LogP contribution is 2.58. The summed E-state index contributed by atoms with van der Waals surface area (Å²) in [4.78, 5) is 5.37. The first-order chi connectivity index (χ1) is 9.88. The Morgan fingerprint density at radius 1 is 0.550 bits per heavy atom. The molecule has 2 aliphatic heterocycles. The smallest absolute Gasteiger partial charge is 0.0397 e. The fourth-order valence-corrected chi connectivity index (χ4v) is 9.18. The topological polar surface area (TPSA) is 6.48 Å². The molecule has 0 saturated carbocycles. The van der Waals surface area contributed by atoms with E-state index in [0.717, 1.165) is 0 Å². The van der Waals surface area contributed by atoms with E-state index in [-0.39, 0.29) is 0 Å². The van der Waals surface area contributed by atoms with E-state index < -0.39 is 0 Å². The Bertz CT molecular complexity index is 531. The maximum atomic E-state index is 2.25. The van der Waals surface area contributed by atoms with Crippen molar-refractivity contribution in [3.63, 3.8) is 0 Å². The van der Waals surface area contributed by atoms with Crippen molar-refractivity contribution < 1.29 is 0 Å². The molecule has 0 aromatic heterocycles. The molecule has 2 aromatic carbocycles. The monoisotopic (exact) mass is 372 g/mol. The van der Waals surface area contributed by atoms with Gasteiger partial charge in [-0.15, -0.1) is 6.23 Å². The fraction of sp³-hybridized carbons (Fsp3) is 0. The molecule has 0 N–H and O–H groups in total. The van der Waals surface area contributed by atoms with Crippen LogP contribution in [0.1, 0.15) is 0 Å². The van der Waals surface area contributed by atoms with Gasteiger partial charge in [-0.3, -0.25) is 0 Å². The number of nitrogens with zero attached hydrogens (tertiary/aromatic N) is 2. The Balaban J connectivity index is 1.33. The van der Waals surface area contributed by atoms with E-state index in [1.807, 2.05) is 0 Å². The lowest BCUT2D eigenvalue weighted by Gasteiger charge is -2.13. The molecule has 0 radical (unpaired) electrons. The molecule has 0 aliphatic carbocycles. The number of hydrogen-bond acceptors (Lipinski definition) is 8. The van der Waals surface area contributed by atoms with Gasteiger partial charge in [-0.25, -0.2) is 0 Å². The molecule has 2 heterocycles. The molecule has 2 aliphatic rings. The first-order valence-corrected chi connectivity index (χ1v) is 10.9. The van der Waals surface area contributed by atoms with E-state index in [9.17, 15) is 0 Å². The third-order valence-electron chi connectivity index (χ3n) is 2.54. The van der Waals surface area contributed by atoms with Crippen LogP contribution in [0.3, 0.4) is 0 Å². The van der Waals surface area contributed by atoms with Gasteiger partial charge in [0.05, 0.1) is 0 Å². The highest BCUT2D eigenvalue weighted by molar-refractivity contribution is 8.79. The predicted molar refractivity (Wildman–Crippen MR) is 95.2 cm³/mol. The summed E-state index contributed by atoms with van der Waals surface area (Å²) in [7, 11) is 3.54. The summed E-state index contributed by atoms with van der Waals surface area (Å²) >= 11 is 7.19. The number of fused-ring (bicyclic) bond motifs is 2. The lowest BCUT2D eigenvalue weighted by atomic mass is 10.4. The quantitative estimate of drug-likeness (QED) is 0.454. The van der Waals surface area contributed by atoms with E-state index in [4.69, 9.17) is 0 Å². The Hall–Kier alpha value is 0.460. The van der Waals surface area contributed by atoms with Crippen molar-refractivity contribution in [2.75, 3.05) is 0 Å². The minimum Gasteiger partial charge on any atom is -0.116 e. The van der Waals surface area contributed by atoms with Crippen molar-refractivity contribution in [1.82, 2.24) is 6.23 Å². The van der Waals surface area contributed by atoms with Crippen LogP contribution >= 0.6 is 69.8 Å². The van der Waals surface area contributed by atoms with Gasteiger partial charge in [-0.05, 0) is 72.1 Å². The molecule has 20 heavy (non-hydrogen) atoms. The average molecular weight is 373 g/mol. The predicted octanol–water partition coefficient (Wildman–Crippen LogP) is 6.26. The van der Waals surface area contributed by atoms with Gasteiger partial charge >= 0.3 is 0 Å². The van der Waals surface area contributed by atoms with Gasteiger partial charge in [0.2, 0.25) is 0 Å². The third-order valence-corrected chi connectivity index (χ3v) is 10.8. The summed E-state index contributed by atoms with van der Waals surface area (Å²) in [5.41, 5.74) is 0. The Morgan fingerprint density at radius 3 is 1.15 bits per heavy atom. The lowest BCUT2D eigenvalue weighted by molar-refractivity contribution is 1.27. The van der Waals surface area contributed by atoms with Crippen molar-refractivity contribution in [2.45, 2.75) is 19.6 Å². The van der Waals surface area contributed by atoms with Crippen LogP contribution in [-0.2, 0) is 0 Å². The van der Waals surface area contributed by atoms with Gasteiger partial charge in [0.15, 0.2) is 0 Å². The zero-order valence-corrected chi connectivity index (χ0v) is 14.9. The second-order valence-electron chi connectivity index (χ2n) is 3.85. The van der Waals surface area contributed by atoms with Crippen LogP contribution in [0.4, 0.5) is 0 Å². The molecule has 2 nitrogen and oxygen atoms in total. The Kier molecular flexibility index (Phi) is 4.43. The number of benzene rings is 2. The van der Waals surface area contributed by atoms with Crippen LogP contribution in [0.15, 0.2) is 68.1 Å². The Labute approximate surface area is 143 Å². The molecule has 4 rings (SSSR count). The standard InChI is InChI=1S/C12H8N2S6/c1-2-6-10-9(5-1)15-13(16-10)19-20-14-17-11-7-3-4-8-12(11)18-14/h1-8H. The van der Waals surface area contributed by atoms with E-state index >= 15 is 0 Å². The summed E-state index contributed by atoms with van der Waals surface area (Å²) in [6.45, 7) is 0. The molecular weight excluding hydrogens is 365 g/mol. The molecule has 0 atom stereocenters. The van der Waals surface area contributed by atoms with Crippen LogP contribution in [0.25, 0.3) is 0 Å². The second-order valence-corrected chi connectivity index (χ2v) is 11.1. The molecular formula is C12H8N2S6. The van der Waals surface area contributed by atoms with Gasteiger partial charge < -0.3 is 0 Å². The molecule has 102 valence electrons. The van der Waals surface area contributed by atoms with Crippen molar-refractivity contribution >= 4 is 69.8 Å². The summed E-state index contributed by atoms with van der Waals surface area (Å²) in [6.07, 6.45) is 0. The lowest BCUT2D eigenvalue weighted by Crippen LogP contribution is -1.90. The molecule has 2 aromatic rings. The van der Waals surface area contributed by atoms with Gasteiger partial charge in [0, 0.05) is 41.5 Å². The maximum absolute atomic E-state index is 2.25. The molecule has 0 fully saturated rings. The largest absolute Gasteiger partial charge is 0.116 e. The molecule has 0 bridgehead atoms. The number of rotatable bonds is 3. The maximum Gasteiger partial charge on any atom is 0.0397 e. The van der Waals surface area contributed by atoms with Gasteiger partial charge in [0.25, 0.3) is 0 Å². The van der Waals surface area contributed by atoms with Gasteiger partial charge in [-0.1, -0.05) is 24.3 Å². The van der Waals surface area contributed by atoms with E-state index in [0.29, 0.717) is 0 Å². The van der Waals surface area contributed by atoms with E-state index in [2.05, 4.69) is 54.8 Å². The zero-order chi connectivity index (χ0) is 13.4. The fourth-order valence-electron chi connectivity index (χ4n) is 1.68. The van der Waals surface area contributed by atoms with Crippen molar-refractivity contribution in [3.8, 4) is 0 Å². The van der Waals surface area contributed by atoms with Crippen LogP contribution in [0.2, 0.25) is 0 Å². The minimum atomic E-state index is 1.34. The zero-order valence-electron chi connectivity index (χ0n) is 9.96. The SMILES string of the molecule is c1ccc2c(c1)SN(SSN1Sc3ccccc3S1)S2. The van der Waals surface area contributed by atoms with Crippen LogP contribution < -0.4 is 0 Å². The summed E-state index contributed by atoms with van der Waals surface area (Å²) in [6, 6.07) is 17.1. The molecule has 8 heteroatoms. The van der Waals surface area contributed by atoms with Crippen molar-refractivity contribution in [1.29, 1.82) is 0 Å². The summed E-state index contributed by atoms with van der Waals surface area (Å²) in [5.74, 6) is 0. The average Bonchev–Trinajstić information content (AvgIpc) is 3.07. The molecule has 0 amide bonds. The summed E-state index contributed by atoms with van der Waals surface area (Å²) in [5, 5.41) is 0. The van der Waals surface area contributed by atoms with Gasteiger partial charge in [0.1, 0.15) is 0 Å².